The summed E-state index contributed by atoms with van der Waals surface area (Å²) in [7, 11) is 0. The highest BCUT2D eigenvalue weighted by molar-refractivity contribution is 5.69. The van der Waals surface area contributed by atoms with Crippen molar-refractivity contribution < 1.29 is 8.78 Å². The summed E-state index contributed by atoms with van der Waals surface area (Å²) in [5.74, 6) is -0.944. The summed E-state index contributed by atoms with van der Waals surface area (Å²) in [6.45, 7) is 2.36. The van der Waals surface area contributed by atoms with Crippen LogP contribution in [-0.4, -0.2) is 6.54 Å². The molecule has 0 heterocycles. The average molecular weight is 258 g/mol. The molecule has 0 spiro atoms. The molecule has 0 aliphatic rings. The third kappa shape index (κ3) is 2.55. The fourth-order valence-corrected chi connectivity index (χ4v) is 1.98. The van der Waals surface area contributed by atoms with Crippen molar-refractivity contribution in [3.63, 3.8) is 0 Å². The van der Waals surface area contributed by atoms with E-state index in [9.17, 15) is 8.78 Å². The molecule has 0 saturated carbocycles. The van der Waals surface area contributed by atoms with Crippen molar-refractivity contribution in [2.24, 2.45) is 0 Å². The predicted molar refractivity (Wildman–Crippen MR) is 70.2 cm³/mol. The largest absolute Gasteiger partial charge is 0.341 e. The van der Waals surface area contributed by atoms with Crippen LogP contribution in [0.2, 0.25) is 0 Å². The van der Waals surface area contributed by atoms with Crippen LogP contribution in [0.25, 0.3) is 0 Å². The van der Waals surface area contributed by atoms with E-state index in [2.05, 4.69) is 0 Å². The highest BCUT2D eigenvalue weighted by Gasteiger charge is 2.15. The van der Waals surface area contributed by atoms with Crippen LogP contribution in [0, 0.1) is 23.0 Å². The highest BCUT2D eigenvalue weighted by atomic mass is 19.1. The summed E-state index contributed by atoms with van der Waals surface area (Å²) >= 11 is 0. The van der Waals surface area contributed by atoms with Crippen LogP contribution in [-0.2, 0) is 0 Å². The van der Waals surface area contributed by atoms with Crippen molar-refractivity contribution in [1.29, 1.82) is 5.26 Å². The maximum absolute atomic E-state index is 13.6. The number of nitriles is 1. The van der Waals surface area contributed by atoms with Gasteiger partial charge in [-0.05, 0) is 37.3 Å². The van der Waals surface area contributed by atoms with Crippen LogP contribution in [0.15, 0.2) is 42.5 Å². The SMILES string of the molecule is CCN(c1cccc(F)c1)c1cccc(F)c1C#N. The number of rotatable bonds is 3. The van der Waals surface area contributed by atoms with Crippen molar-refractivity contribution in [3.8, 4) is 6.07 Å². The minimum atomic E-state index is -0.574. The van der Waals surface area contributed by atoms with Gasteiger partial charge in [0.25, 0.3) is 0 Å². The van der Waals surface area contributed by atoms with Crippen LogP contribution >= 0.6 is 0 Å². The monoisotopic (exact) mass is 258 g/mol. The van der Waals surface area contributed by atoms with Crippen molar-refractivity contribution >= 4 is 11.4 Å². The molecule has 0 aromatic heterocycles. The molecular weight excluding hydrogens is 246 g/mol. The van der Waals surface area contributed by atoms with Gasteiger partial charge < -0.3 is 4.90 Å². The lowest BCUT2D eigenvalue weighted by molar-refractivity contribution is 0.623. The Hall–Kier alpha value is -2.41. The molecule has 0 amide bonds. The smallest absolute Gasteiger partial charge is 0.143 e. The second-order valence-electron chi connectivity index (χ2n) is 3.97. The van der Waals surface area contributed by atoms with Gasteiger partial charge in [-0.15, -0.1) is 0 Å². The summed E-state index contributed by atoms with van der Waals surface area (Å²) in [4.78, 5) is 1.70. The molecule has 0 unspecified atom stereocenters. The Labute approximate surface area is 110 Å². The zero-order chi connectivity index (χ0) is 13.8. The summed E-state index contributed by atoms with van der Waals surface area (Å²) in [5, 5.41) is 9.05. The molecule has 0 N–H and O–H groups in total. The molecule has 0 atom stereocenters. The first-order valence-corrected chi connectivity index (χ1v) is 5.89. The molecule has 19 heavy (non-hydrogen) atoms. The molecule has 0 saturated heterocycles. The van der Waals surface area contributed by atoms with Crippen molar-refractivity contribution in [1.82, 2.24) is 0 Å². The topological polar surface area (TPSA) is 27.0 Å². The van der Waals surface area contributed by atoms with Crippen LogP contribution < -0.4 is 4.90 Å². The van der Waals surface area contributed by atoms with E-state index < -0.39 is 5.82 Å². The number of benzene rings is 2. The first-order chi connectivity index (χ1) is 9.17. The van der Waals surface area contributed by atoms with Gasteiger partial charge in [0.2, 0.25) is 0 Å². The Balaban J connectivity index is 2.55. The predicted octanol–water partition coefficient (Wildman–Crippen LogP) is 3.99. The summed E-state index contributed by atoms with van der Waals surface area (Å²) in [6.07, 6.45) is 0. The van der Waals surface area contributed by atoms with Crippen LogP contribution in [0.4, 0.5) is 20.2 Å². The molecule has 2 nitrogen and oxygen atoms in total. The van der Waals surface area contributed by atoms with E-state index in [1.165, 1.54) is 24.3 Å². The van der Waals surface area contributed by atoms with Gasteiger partial charge in [-0.2, -0.15) is 5.26 Å². The molecule has 2 aromatic carbocycles. The van der Waals surface area contributed by atoms with E-state index in [0.29, 0.717) is 17.9 Å². The quantitative estimate of drug-likeness (QED) is 0.832. The maximum Gasteiger partial charge on any atom is 0.143 e. The molecule has 0 fully saturated rings. The van der Waals surface area contributed by atoms with Crippen LogP contribution in [0.3, 0.4) is 0 Å². The number of halogens is 2. The Bertz CT molecular complexity index is 632. The van der Waals surface area contributed by atoms with E-state index in [1.807, 2.05) is 13.0 Å². The lowest BCUT2D eigenvalue weighted by atomic mass is 10.1. The molecule has 0 aliphatic heterocycles. The average Bonchev–Trinajstić information content (AvgIpc) is 2.40. The second kappa shape index (κ2) is 5.49. The normalized spacial score (nSPS) is 10.0. The fraction of sp³-hybridized carbons (Fsp3) is 0.133. The molecule has 2 aromatic rings. The van der Waals surface area contributed by atoms with Crippen molar-refractivity contribution in [2.45, 2.75) is 6.92 Å². The number of hydrogen-bond donors (Lipinski definition) is 0. The zero-order valence-corrected chi connectivity index (χ0v) is 10.4. The van der Waals surface area contributed by atoms with Gasteiger partial charge in [-0.3, -0.25) is 0 Å². The molecule has 4 heteroatoms. The molecule has 0 radical (unpaired) electrons. The lowest BCUT2D eigenvalue weighted by Crippen LogP contribution is -2.17. The summed E-state index contributed by atoms with van der Waals surface area (Å²) < 4.78 is 26.9. The maximum atomic E-state index is 13.6. The number of hydrogen-bond acceptors (Lipinski definition) is 2. The van der Waals surface area contributed by atoms with Gasteiger partial charge in [0, 0.05) is 12.2 Å². The molecular formula is C15H12F2N2. The number of anilines is 2. The van der Waals surface area contributed by atoms with Crippen molar-refractivity contribution in [2.75, 3.05) is 11.4 Å². The molecule has 0 aliphatic carbocycles. The first kappa shape index (κ1) is 13.0. The Morgan fingerprint density at radius 3 is 2.53 bits per heavy atom. The van der Waals surface area contributed by atoms with Gasteiger partial charge in [-0.25, -0.2) is 8.78 Å². The van der Waals surface area contributed by atoms with Gasteiger partial charge >= 0.3 is 0 Å². The standard InChI is InChI=1S/C15H12F2N2/c1-2-19(12-6-3-5-11(16)9-12)15-8-4-7-14(17)13(15)10-18/h3-9H,2H2,1H3. The van der Waals surface area contributed by atoms with Gasteiger partial charge in [-0.1, -0.05) is 12.1 Å². The van der Waals surface area contributed by atoms with E-state index in [4.69, 9.17) is 5.26 Å². The minimum Gasteiger partial charge on any atom is -0.341 e. The first-order valence-electron chi connectivity index (χ1n) is 5.89. The zero-order valence-electron chi connectivity index (χ0n) is 10.4. The Morgan fingerprint density at radius 2 is 1.89 bits per heavy atom. The molecule has 0 bridgehead atoms. The molecule has 2 rings (SSSR count). The summed E-state index contributed by atoms with van der Waals surface area (Å²) in [5.41, 5.74) is 0.994. The lowest BCUT2D eigenvalue weighted by Gasteiger charge is -2.24. The highest BCUT2D eigenvalue weighted by Crippen LogP contribution is 2.29. The van der Waals surface area contributed by atoms with Gasteiger partial charge in [0.05, 0.1) is 5.69 Å². The second-order valence-corrected chi connectivity index (χ2v) is 3.97. The van der Waals surface area contributed by atoms with Crippen molar-refractivity contribution in [3.05, 3.63) is 59.7 Å². The fourth-order valence-electron chi connectivity index (χ4n) is 1.98. The van der Waals surface area contributed by atoms with Crippen LogP contribution in [0.5, 0.6) is 0 Å². The van der Waals surface area contributed by atoms with Crippen LogP contribution in [0.1, 0.15) is 12.5 Å². The van der Waals surface area contributed by atoms with E-state index in [1.54, 1.807) is 23.1 Å². The van der Waals surface area contributed by atoms with Gasteiger partial charge in [0.1, 0.15) is 23.3 Å². The minimum absolute atomic E-state index is 0.0337. The Morgan fingerprint density at radius 1 is 1.16 bits per heavy atom. The molecule has 96 valence electrons. The third-order valence-corrected chi connectivity index (χ3v) is 2.83. The Kier molecular flexibility index (Phi) is 3.76. The number of nitrogens with zero attached hydrogens (tertiary/aromatic N) is 2. The van der Waals surface area contributed by atoms with E-state index in [0.717, 1.165) is 0 Å². The van der Waals surface area contributed by atoms with Gasteiger partial charge in [0.15, 0.2) is 0 Å². The third-order valence-electron chi connectivity index (χ3n) is 2.83. The summed E-state index contributed by atoms with van der Waals surface area (Å²) in [6, 6.07) is 12.3. The van der Waals surface area contributed by atoms with E-state index >= 15 is 0 Å². The van der Waals surface area contributed by atoms with E-state index in [-0.39, 0.29) is 11.4 Å².